The molecule has 2 aliphatic heterocycles. The van der Waals surface area contributed by atoms with Crippen molar-refractivity contribution in [3.63, 3.8) is 0 Å². The summed E-state index contributed by atoms with van der Waals surface area (Å²) in [6.07, 6.45) is 5.11. The molecule has 0 bridgehead atoms. The largest absolute Gasteiger partial charge is 0.411 e. The number of hydrogen-bond donors (Lipinski definition) is 1. The van der Waals surface area contributed by atoms with E-state index in [9.17, 15) is 4.79 Å². The topological polar surface area (TPSA) is 56.1 Å². The molecule has 2 rings (SSSR count). The molecule has 0 saturated carbocycles. The molecule has 0 atom stereocenters. The number of carbonyl (C=O) groups is 1. The molecule has 0 aromatic heterocycles. The van der Waals surface area contributed by atoms with Crippen molar-refractivity contribution in [2.75, 3.05) is 32.7 Å². The average molecular weight is 239 g/mol. The van der Waals surface area contributed by atoms with E-state index in [0.29, 0.717) is 6.54 Å². The molecule has 96 valence electrons. The Balaban J connectivity index is 1.75. The Morgan fingerprint density at radius 1 is 1.12 bits per heavy atom. The molecule has 0 spiro atoms. The fraction of sp³-hybridized carbons (Fsp3) is 0.833. The number of likely N-dealkylation sites (tertiary alicyclic amines) is 2. The Hall–Kier alpha value is -1.10. The summed E-state index contributed by atoms with van der Waals surface area (Å²) in [6, 6.07) is 0. The third-order valence-corrected chi connectivity index (χ3v) is 3.64. The van der Waals surface area contributed by atoms with Crippen LogP contribution >= 0.6 is 0 Å². The fourth-order valence-corrected chi connectivity index (χ4v) is 2.50. The first-order chi connectivity index (χ1) is 8.29. The van der Waals surface area contributed by atoms with Gasteiger partial charge in [0.2, 0.25) is 5.91 Å². The van der Waals surface area contributed by atoms with Crippen molar-refractivity contribution in [2.45, 2.75) is 32.1 Å². The van der Waals surface area contributed by atoms with Gasteiger partial charge >= 0.3 is 0 Å². The van der Waals surface area contributed by atoms with Crippen molar-refractivity contribution in [1.29, 1.82) is 0 Å². The molecular weight excluding hydrogens is 218 g/mol. The Kier molecular flexibility index (Phi) is 4.36. The van der Waals surface area contributed by atoms with Gasteiger partial charge in [-0.1, -0.05) is 5.16 Å². The minimum absolute atomic E-state index is 0.258. The molecule has 1 amide bonds. The van der Waals surface area contributed by atoms with Gasteiger partial charge < -0.3 is 10.1 Å². The third-order valence-electron chi connectivity index (χ3n) is 3.64. The summed E-state index contributed by atoms with van der Waals surface area (Å²) >= 11 is 0. The molecule has 5 heteroatoms. The Morgan fingerprint density at radius 2 is 1.76 bits per heavy atom. The highest BCUT2D eigenvalue weighted by Gasteiger charge is 2.21. The highest BCUT2D eigenvalue weighted by Crippen LogP contribution is 2.11. The number of rotatable bonds is 2. The summed E-state index contributed by atoms with van der Waals surface area (Å²) < 4.78 is 0. The van der Waals surface area contributed by atoms with Gasteiger partial charge in [-0.05, 0) is 19.3 Å². The van der Waals surface area contributed by atoms with Crippen LogP contribution in [-0.2, 0) is 4.79 Å². The molecule has 0 radical (unpaired) electrons. The van der Waals surface area contributed by atoms with E-state index >= 15 is 0 Å². The van der Waals surface area contributed by atoms with Gasteiger partial charge in [0.15, 0.2) is 0 Å². The number of piperidine rings is 2. The summed E-state index contributed by atoms with van der Waals surface area (Å²) in [5.41, 5.74) is 0.853. The summed E-state index contributed by atoms with van der Waals surface area (Å²) in [5.74, 6) is 0.258. The lowest BCUT2D eigenvalue weighted by Gasteiger charge is -2.31. The number of hydrogen-bond acceptors (Lipinski definition) is 4. The first-order valence-electron chi connectivity index (χ1n) is 6.49. The van der Waals surface area contributed by atoms with Gasteiger partial charge in [0.1, 0.15) is 0 Å². The Morgan fingerprint density at radius 3 is 2.35 bits per heavy atom. The first-order valence-corrected chi connectivity index (χ1v) is 6.49. The van der Waals surface area contributed by atoms with Gasteiger partial charge in [0, 0.05) is 39.0 Å². The highest BCUT2D eigenvalue weighted by molar-refractivity contribution is 5.85. The van der Waals surface area contributed by atoms with Gasteiger partial charge in [0.05, 0.1) is 12.3 Å². The van der Waals surface area contributed by atoms with Crippen LogP contribution in [0.4, 0.5) is 0 Å². The van der Waals surface area contributed by atoms with Crippen LogP contribution in [0, 0.1) is 0 Å². The van der Waals surface area contributed by atoms with Crippen LogP contribution in [-0.4, -0.2) is 59.3 Å². The average Bonchev–Trinajstić information content (AvgIpc) is 2.40. The second-order valence-electron chi connectivity index (χ2n) is 4.88. The van der Waals surface area contributed by atoms with E-state index < -0.39 is 0 Å². The van der Waals surface area contributed by atoms with Crippen LogP contribution in [0.5, 0.6) is 0 Å². The van der Waals surface area contributed by atoms with Crippen LogP contribution in [0.1, 0.15) is 32.1 Å². The molecule has 1 N–H and O–H groups in total. The minimum atomic E-state index is 0.258. The molecule has 17 heavy (non-hydrogen) atoms. The molecule has 0 aromatic carbocycles. The number of nitrogens with zero attached hydrogens (tertiary/aromatic N) is 3. The predicted molar refractivity (Wildman–Crippen MR) is 65.3 cm³/mol. The smallest absolute Gasteiger partial charge is 0.236 e. The van der Waals surface area contributed by atoms with Crippen molar-refractivity contribution < 1.29 is 10.0 Å². The minimum Gasteiger partial charge on any atom is -0.411 e. The number of carbonyl (C=O) groups excluding carboxylic acids is 1. The summed E-state index contributed by atoms with van der Waals surface area (Å²) in [4.78, 5) is 16.2. The number of oxime groups is 1. The highest BCUT2D eigenvalue weighted by atomic mass is 16.4. The lowest BCUT2D eigenvalue weighted by Crippen LogP contribution is -2.45. The zero-order valence-electron chi connectivity index (χ0n) is 10.3. The van der Waals surface area contributed by atoms with Crippen LogP contribution < -0.4 is 0 Å². The summed E-state index contributed by atoms with van der Waals surface area (Å²) in [6.45, 7) is 4.04. The van der Waals surface area contributed by atoms with E-state index in [4.69, 9.17) is 5.21 Å². The Labute approximate surface area is 102 Å². The lowest BCUT2D eigenvalue weighted by molar-refractivity contribution is -0.133. The monoisotopic (exact) mass is 239 g/mol. The van der Waals surface area contributed by atoms with E-state index in [0.717, 1.165) is 57.6 Å². The normalized spacial score (nSPS) is 22.6. The van der Waals surface area contributed by atoms with E-state index in [2.05, 4.69) is 10.1 Å². The van der Waals surface area contributed by atoms with Gasteiger partial charge in [-0.2, -0.15) is 0 Å². The van der Waals surface area contributed by atoms with Crippen molar-refractivity contribution in [3.8, 4) is 0 Å². The maximum Gasteiger partial charge on any atom is 0.236 e. The second-order valence-corrected chi connectivity index (χ2v) is 4.88. The third kappa shape index (κ3) is 3.43. The van der Waals surface area contributed by atoms with E-state index in [-0.39, 0.29) is 5.91 Å². The maximum absolute atomic E-state index is 12.0. The predicted octanol–water partition coefficient (Wildman–Crippen LogP) is 0.925. The molecule has 2 fully saturated rings. The number of amides is 1. The molecule has 5 nitrogen and oxygen atoms in total. The Bertz CT molecular complexity index is 288. The summed E-state index contributed by atoms with van der Waals surface area (Å²) in [7, 11) is 0. The van der Waals surface area contributed by atoms with E-state index in [1.165, 1.54) is 6.42 Å². The zero-order valence-corrected chi connectivity index (χ0v) is 10.3. The fourth-order valence-electron chi connectivity index (χ4n) is 2.50. The second kappa shape index (κ2) is 6.00. The molecule has 0 aromatic rings. The van der Waals surface area contributed by atoms with E-state index in [1.54, 1.807) is 0 Å². The standard InChI is InChI=1S/C12H21N3O2/c16-12(15-6-2-1-3-7-15)10-14-8-4-11(13-17)5-9-14/h17H,1-10H2. The lowest BCUT2D eigenvalue weighted by atomic mass is 10.1. The zero-order chi connectivity index (χ0) is 12.1. The first kappa shape index (κ1) is 12.4. The van der Waals surface area contributed by atoms with Gasteiger partial charge in [-0.3, -0.25) is 9.69 Å². The quantitative estimate of drug-likeness (QED) is 0.576. The van der Waals surface area contributed by atoms with Crippen LogP contribution in [0.2, 0.25) is 0 Å². The summed E-state index contributed by atoms with van der Waals surface area (Å²) in [5, 5.41) is 11.9. The van der Waals surface area contributed by atoms with Gasteiger partial charge in [0.25, 0.3) is 0 Å². The van der Waals surface area contributed by atoms with Gasteiger partial charge in [-0.15, -0.1) is 0 Å². The maximum atomic E-state index is 12.0. The van der Waals surface area contributed by atoms with Crippen molar-refractivity contribution in [3.05, 3.63) is 0 Å². The van der Waals surface area contributed by atoms with Crippen LogP contribution in [0.3, 0.4) is 0 Å². The van der Waals surface area contributed by atoms with Crippen LogP contribution in [0.15, 0.2) is 5.16 Å². The van der Waals surface area contributed by atoms with Crippen molar-refractivity contribution in [2.24, 2.45) is 5.16 Å². The molecule has 0 aliphatic carbocycles. The van der Waals surface area contributed by atoms with Crippen molar-refractivity contribution >= 4 is 11.6 Å². The SMILES string of the molecule is O=C(CN1CCC(=NO)CC1)N1CCCCC1. The van der Waals surface area contributed by atoms with Crippen molar-refractivity contribution in [1.82, 2.24) is 9.80 Å². The molecule has 0 unspecified atom stereocenters. The molecule has 2 aliphatic rings. The van der Waals surface area contributed by atoms with Crippen LogP contribution in [0.25, 0.3) is 0 Å². The molecule has 2 heterocycles. The van der Waals surface area contributed by atoms with E-state index in [1.807, 2.05) is 4.90 Å². The molecule has 2 saturated heterocycles. The molecular formula is C12H21N3O2. The van der Waals surface area contributed by atoms with Gasteiger partial charge in [-0.25, -0.2) is 0 Å².